The normalized spacial score (nSPS) is 18.1. The average molecular weight is 317 g/mol. The van der Waals surface area contributed by atoms with E-state index in [2.05, 4.69) is 4.98 Å². The van der Waals surface area contributed by atoms with Gasteiger partial charge < -0.3 is 15.0 Å². The van der Waals surface area contributed by atoms with Gasteiger partial charge in [0.1, 0.15) is 11.2 Å². The number of aliphatic carboxylic acids is 1. The van der Waals surface area contributed by atoms with Crippen molar-refractivity contribution in [1.82, 2.24) is 9.88 Å². The van der Waals surface area contributed by atoms with E-state index in [0.717, 1.165) is 0 Å². The minimum Gasteiger partial charge on any atom is -0.481 e. The third kappa shape index (κ3) is 2.75. The first-order chi connectivity index (χ1) is 11.0. The molecule has 0 saturated carbocycles. The monoisotopic (exact) mass is 317 g/mol. The molecule has 0 radical (unpaired) electrons. The smallest absolute Gasteiger partial charge is 0.308 e. The number of aromatic nitrogens is 1. The molecule has 1 aliphatic rings. The maximum absolute atomic E-state index is 12.6. The largest absolute Gasteiger partial charge is 0.481 e. The lowest BCUT2D eigenvalue weighted by Crippen LogP contribution is -2.42. The number of carbonyl (C=O) groups is 2. The van der Waals surface area contributed by atoms with Crippen LogP contribution in [0.3, 0.4) is 0 Å². The molecule has 0 bridgehead atoms. The minimum absolute atomic E-state index is 0.0939. The number of para-hydroxylation sites is 1. The zero-order valence-corrected chi connectivity index (χ0v) is 12.2. The van der Waals surface area contributed by atoms with Crippen LogP contribution in [0, 0.1) is 16.0 Å². The molecule has 2 N–H and O–H groups in total. The maximum atomic E-state index is 12.6. The van der Waals surface area contributed by atoms with Gasteiger partial charge in [-0.15, -0.1) is 0 Å². The second-order valence-electron chi connectivity index (χ2n) is 5.61. The summed E-state index contributed by atoms with van der Waals surface area (Å²) in [4.78, 5) is 38.5. The van der Waals surface area contributed by atoms with Crippen LogP contribution in [0.25, 0.3) is 10.9 Å². The summed E-state index contributed by atoms with van der Waals surface area (Å²) in [5, 5.41) is 20.7. The van der Waals surface area contributed by atoms with E-state index in [4.69, 9.17) is 5.11 Å². The van der Waals surface area contributed by atoms with Crippen LogP contribution in [0.2, 0.25) is 0 Å². The Bertz CT molecular complexity index is 798. The van der Waals surface area contributed by atoms with Gasteiger partial charge in [0, 0.05) is 24.5 Å². The third-order valence-electron chi connectivity index (χ3n) is 4.12. The number of carboxylic acid groups (broad SMARTS) is 1. The summed E-state index contributed by atoms with van der Waals surface area (Å²) in [6.45, 7) is 0.645. The van der Waals surface area contributed by atoms with Crippen molar-refractivity contribution in [3.8, 4) is 0 Å². The third-order valence-corrected chi connectivity index (χ3v) is 4.12. The number of carbonyl (C=O) groups excluding carboxylic acids is 1. The van der Waals surface area contributed by atoms with Gasteiger partial charge in [-0.3, -0.25) is 19.7 Å². The Kier molecular flexibility index (Phi) is 3.73. The molecule has 1 aromatic carbocycles. The number of non-ortho nitro benzene ring substituents is 1. The highest BCUT2D eigenvalue weighted by Gasteiger charge is 2.29. The molecule has 1 saturated heterocycles. The van der Waals surface area contributed by atoms with Crippen molar-refractivity contribution >= 4 is 28.5 Å². The lowest BCUT2D eigenvalue weighted by molar-refractivity contribution is -0.383. The van der Waals surface area contributed by atoms with Crippen molar-refractivity contribution in [2.24, 2.45) is 5.92 Å². The number of benzene rings is 1. The molecule has 0 aliphatic carbocycles. The van der Waals surface area contributed by atoms with Gasteiger partial charge in [0.15, 0.2) is 0 Å². The number of nitrogens with one attached hydrogen (secondary N) is 1. The molecule has 1 unspecified atom stereocenters. The Morgan fingerprint density at radius 1 is 1.39 bits per heavy atom. The van der Waals surface area contributed by atoms with Crippen LogP contribution in [-0.4, -0.2) is 44.9 Å². The summed E-state index contributed by atoms with van der Waals surface area (Å²) < 4.78 is 0. The lowest BCUT2D eigenvalue weighted by Gasteiger charge is -2.30. The molecule has 0 spiro atoms. The Labute approximate surface area is 130 Å². The first kappa shape index (κ1) is 15.0. The fraction of sp³-hybridized carbons (Fsp3) is 0.333. The van der Waals surface area contributed by atoms with Gasteiger partial charge in [-0.2, -0.15) is 0 Å². The molecule has 8 nitrogen and oxygen atoms in total. The van der Waals surface area contributed by atoms with E-state index in [-0.39, 0.29) is 23.8 Å². The predicted molar refractivity (Wildman–Crippen MR) is 81.2 cm³/mol. The first-order valence-corrected chi connectivity index (χ1v) is 7.25. The number of likely N-dealkylation sites (tertiary alicyclic amines) is 1. The number of hydrogen-bond acceptors (Lipinski definition) is 4. The van der Waals surface area contributed by atoms with Crippen molar-refractivity contribution in [3.05, 3.63) is 40.1 Å². The van der Waals surface area contributed by atoms with Gasteiger partial charge in [0.05, 0.1) is 10.8 Å². The van der Waals surface area contributed by atoms with E-state index in [1.165, 1.54) is 11.0 Å². The summed E-state index contributed by atoms with van der Waals surface area (Å²) in [6, 6.07) is 6.18. The van der Waals surface area contributed by atoms with Crippen molar-refractivity contribution in [3.63, 3.8) is 0 Å². The van der Waals surface area contributed by atoms with Crippen LogP contribution in [0.5, 0.6) is 0 Å². The highest BCUT2D eigenvalue weighted by atomic mass is 16.6. The summed E-state index contributed by atoms with van der Waals surface area (Å²) in [7, 11) is 0. The Morgan fingerprint density at radius 2 is 2.17 bits per heavy atom. The van der Waals surface area contributed by atoms with Crippen LogP contribution < -0.4 is 0 Å². The zero-order valence-electron chi connectivity index (χ0n) is 12.2. The lowest BCUT2D eigenvalue weighted by atomic mass is 9.98. The average Bonchev–Trinajstić information content (AvgIpc) is 2.97. The second-order valence-corrected chi connectivity index (χ2v) is 5.61. The number of carboxylic acids is 1. The van der Waals surface area contributed by atoms with Gasteiger partial charge in [-0.1, -0.05) is 12.1 Å². The SMILES string of the molecule is O=C(O)C1CCCN(C(=O)c2cc3cccc([N+](=O)[O-])c3[nH]2)C1. The topological polar surface area (TPSA) is 117 Å². The molecule has 8 heteroatoms. The molecule has 3 rings (SSSR count). The fourth-order valence-electron chi connectivity index (χ4n) is 2.94. The highest BCUT2D eigenvalue weighted by Crippen LogP contribution is 2.26. The predicted octanol–water partition coefficient (Wildman–Crippen LogP) is 2.01. The number of rotatable bonds is 3. The fourth-order valence-corrected chi connectivity index (χ4v) is 2.94. The minimum atomic E-state index is -0.908. The van der Waals surface area contributed by atoms with Gasteiger partial charge in [-0.25, -0.2) is 0 Å². The summed E-state index contributed by atoms with van der Waals surface area (Å²) >= 11 is 0. The first-order valence-electron chi connectivity index (χ1n) is 7.25. The van der Waals surface area contributed by atoms with Gasteiger partial charge >= 0.3 is 5.97 Å². The molecule has 2 heterocycles. The molecule has 23 heavy (non-hydrogen) atoms. The van der Waals surface area contributed by atoms with E-state index in [1.807, 2.05) is 0 Å². The maximum Gasteiger partial charge on any atom is 0.308 e. The number of H-pyrrole nitrogens is 1. The Balaban J connectivity index is 1.91. The molecule has 1 fully saturated rings. The van der Waals surface area contributed by atoms with Crippen LogP contribution >= 0.6 is 0 Å². The van der Waals surface area contributed by atoms with E-state index < -0.39 is 16.8 Å². The Morgan fingerprint density at radius 3 is 2.87 bits per heavy atom. The molecular formula is C15H15N3O5. The number of amides is 1. The number of fused-ring (bicyclic) bond motifs is 1. The van der Waals surface area contributed by atoms with Gasteiger partial charge in [-0.05, 0) is 18.9 Å². The summed E-state index contributed by atoms with van der Waals surface area (Å²) in [5.74, 6) is -1.80. The molecule has 2 aromatic rings. The van der Waals surface area contributed by atoms with Crippen molar-refractivity contribution in [2.45, 2.75) is 12.8 Å². The van der Waals surface area contributed by atoms with Crippen LogP contribution in [0.4, 0.5) is 5.69 Å². The van der Waals surface area contributed by atoms with E-state index >= 15 is 0 Å². The van der Waals surface area contributed by atoms with Crippen molar-refractivity contribution in [2.75, 3.05) is 13.1 Å². The van der Waals surface area contributed by atoms with E-state index in [0.29, 0.717) is 30.3 Å². The van der Waals surface area contributed by atoms with Crippen molar-refractivity contribution in [1.29, 1.82) is 0 Å². The number of hydrogen-bond donors (Lipinski definition) is 2. The standard InChI is InChI=1S/C15H15N3O5/c19-14(17-6-2-4-10(8-17)15(20)21)11-7-9-3-1-5-12(18(22)23)13(9)16-11/h1,3,5,7,10,16H,2,4,6,8H2,(H,20,21). The molecular weight excluding hydrogens is 302 g/mol. The molecule has 1 amide bonds. The number of nitro groups is 1. The van der Waals surface area contributed by atoms with Gasteiger partial charge in [0.25, 0.3) is 11.6 Å². The van der Waals surface area contributed by atoms with Gasteiger partial charge in [0.2, 0.25) is 0 Å². The molecule has 120 valence electrons. The van der Waals surface area contributed by atoms with Crippen LogP contribution in [0.1, 0.15) is 23.3 Å². The molecule has 1 aliphatic heterocycles. The van der Waals surface area contributed by atoms with Crippen LogP contribution in [-0.2, 0) is 4.79 Å². The Hall–Kier alpha value is -2.90. The highest BCUT2D eigenvalue weighted by molar-refractivity contribution is 6.00. The second kappa shape index (κ2) is 5.71. The van der Waals surface area contributed by atoms with E-state index in [1.54, 1.807) is 18.2 Å². The number of nitro benzene ring substituents is 1. The summed E-state index contributed by atoms with van der Waals surface area (Å²) in [5.41, 5.74) is 0.441. The quantitative estimate of drug-likeness (QED) is 0.663. The molecule has 1 atom stereocenters. The number of nitrogens with zero attached hydrogens (tertiary/aromatic N) is 2. The summed E-state index contributed by atoms with van der Waals surface area (Å²) in [6.07, 6.45) is 1.18. The van der Waals surface area contributed by atoms with Crippen LogP contribution in [0.15, 0.2) is 24.3 Å². The van der Waals surface area contributed by atoms with E-state index in [9.17, 15) is 19.7 Å². The molecule has 1 aromatic heterocycles. The number of aromatic amines is 1. The zero-order chi connectivity index (χ0) is 16.6. The van der Waals surface area contributed by atoms with Crippen molar-refractivity contribution < 1.29 is 19.6 Å². The number of piperidine rings is 1.